The fraction of sp³-hybridized carbons (Fsp3) is 0.300. The van der Waals surface area contributed by atoms with Gasteiger partial charge < -0.3 is 0 Å². The Bertz CT molecular complexity index is 660. The molecular formula is C20H22Cl2Zr. The number of aryl methyl sites for hydroxylation is 1. The van der Waals surface area contributed by atoms with Crippen LogP contribution >= 0.6 is 17.0 Å². The molecule has 0 nitrogen and oxygen atoms in total. The standard InChI is InChI=1S/C20H22.2ClH.Zr/c1-3-4-6-16-9-11-17(12-10-16)19-8-5-7-18-13-15(2)14-20(18)19;;;/h5,7-12,14H,3-4,6,13H2,1-2H3;2*1H;/q;;;+2/p-2. The van der Waals surface area contributed by atoms with E-state index in [-0.39, 0.29) is 0 Å². The molecule has 0 amide bonds. The summed E-state index contributed by atoms with van der Waals surface area (Å²) in [5.41, 5.74) is 8.53. The molecule has 1 aliphatic carbocycles. The Hall–Kier alpha value is -0.357. The first-order valence-corrected chi connectivity index (χ1v) is 14.4. The van der Waals surface area contributed by atoms with Crippen molar-refractivity contribution in [3.63, 3.8) is 0 Å². The molecule has 0 heterocycles. The van der Waals surface area contributed by atoms with Gasteiger partial charge in [-0.1, -0.05) is 67.5 Å². The van der Waals surface area contributed by atoms with Crippen molar-refractivity contribution in [3.8, 4) is 11.1 Å². The van der Waals surface area contributed by atoms with E-state index in [4.69, 9.17) is 17.0 Å². The third kappa shape index (κ3) is 5.31. The summed E-state index contributed by atoms with van der Waals surface area (Å²) in [6.45, 7) is 4.47. The van der Waals surface area contributed by atoms with Crippen molar-refractivity contribution in [1.29, 1.82) is 0 Å². The topological polar surface area (TPSA) is 0 Å². The van der Waals surface area contributed by atoms with Crippen LogP contribution < -0.4 is 0 Å². The number of rotatable bonds is 4. The molecule has 0 bridgehead atoms. The molecule has 0 saturated carbocycles. The Kier molecular flexibility index (Phi) is 8.10. The fourth-order valence-electron chi connectivity index (χ4n) is 3.02. The first-order valence-electron chi connectivity index (χ1n) is 8.04. The van der Waals surface area contributed by atoms with Gasteiger partial charge in [0.2, 0.25) is 0 Å². The second-order valence-corrected chi connectivity index (χ2v) is 9.65. The molecule has 0 radical (unpaired) electrons. The molecule has 23 heavy (non-hydrogen) atoms. The van der Waals surface area contributed by atoms with Crippen LogP contribution in [0.15, 0.2) is 48.0 Å². The zero-order valence-corrected chi connectivity index (χ0v) is 17.7. The number of hydrogen-bond acceptors (Lipinski definition) is 0. The van der Waals surface area contributed by atoms with Crippen molar-refractivity contribution < 1.29 is 20.8 Å². The molecule has 0 saturated heterocycles. The Morgan fingerprint density at radius 2 is 1.74 bits per heavy atom. The minimum absolute atomic E-state index is 0.826. The van der Waals surface area contributed by atoms with Crippen molar-refractivity contribution in [1.82, 2.24) is 0 Å². The number of allylic oxidation sites excluding steroid dienone is 1. The summed E-state index contributed by atoms with van der Waals surface area (Å²) in [5, 5.41) is 0. The van der Waals surface area contributed by atoms with E-state index in [1.807, 2.05) is 0 Å². The molecule has 2 aromatic carbocycles. The maximum absolute atomic E-state index is 4.93. The van der Waals surface area contributed by atoms with Crippen LogP contribution in [0.1, 0.15) is 43.4 Å². The van der Waals surface area contributed by atoms with Gasteiger partial charge in [0, 0.05) is 0 Å². The number of hydrogen-bond donors (Lipinski definition) is 0. The van der Waals surface area contributed by atoms with Gasteiger partial charge in [-0.05, 0) is 54.0 Å². The molecule has 0 unspecified atom stereocenters. The molecule has 3 rings (SSSR count). The van der Waals surface area contributed by atoms with E-state index in [0.717, 1.165) is 6.42 Å². The summed E-state index contributed by atoms with van der Waals surface area (Å²) in [5.74, 6) is 0. The molecule has 0 spiro atoms. The fourth-order valence-corrected chi connectivity index (χ4v) is 3.02. The molecule has 1 aliphatic rings. The second kappa shape index (κ2) is 9.82. The predicted octanol–water partition coefficient (Wildman–Crippen LogP) is 7.03. The van der Waals surface area contributed by atoms with Crippen LogP contribution in [-0.2, 0) is 33.7 Å². The van der Waals surface area contributed by atoms with Gasteiger partial charge in [0.1, 0.15) is 0 Å². The number of fused-ring (bicyclic) bond motifs is 1. The van der Waals surface area contributed by atoms with Crippen LogP contribution in [0.25, 0.3) is 17.2 Å². The van der Waals surface area contributed by atoms with E-state index in [9.17, 15) is 0 Å². The molecular weight excluding hydrogens is 402 g/mol. The van der Waals surface area contributed by atoms with Gasteiger partial charge in [-0.25, -0.2) is 0 Å². The van der Waals surface area contributed by atoms with Gasteiger partial charge in [-0.3, -0.25) is 0 Å². The van der Waals surface area contributed by atoms with Crippen LogP contribution in [0.4, 0.5) is 0 Å². The zero-order chi connectivity index (χ0) is 16.7. The van der Waals surface area contributed by atoms with Crippen LogP contribution in [0.5, 0.6) is 0 Å². The molecule has 2 aromatic rings. The molecule has 0 N–H and O–H groups in total. The Labute approximate surface area is 158 Å². The maximum atomic E-state index is 4.93. The van der Waals surface area contributed by atoms with Crippen molar-refractivity contribution >= 4 is 23.1 Å². The SMILES string of the molecule is CCCCc1ccc(-c2cccc3c2C=C(C)C3)cc1.[Cl][Zr][Cl]. The van der Waals surface area contributed by atoms with Crippen LogP contribution in [-0.4, -0.2) is 0 Å². The Morgan fingerprint density at radius 3 is 2.39 bits per heavy atom. The number of halogens is 2. The summed E-state index contributed by atoms with van der Waals surface area (Å²) in [4.78, 5) is 0. The minimum atomic E-state index is -0.826. The first-order chi connectivity index (χ1) is 11.2. The van der Waals surface area contributed by atoms with Gasteiger partial charge >= 0.3 is 37.9 Å². The first kappa shape index (κ1) is 19.0. The van der Waals surface area contributed by atoms with E-state index in [0.29, 0.717) is 0 Å². The molecule has 0 aliphatic heterocycles. The van der Waals surface area contributed by atoms with Gasteiger partial charge in [0.15, 0.2) is 0 Å². The van der Waals surface area contributed by atoms with Gasteiger partial charge in [0.05, 0.1) is 0 Å². The van der Waals surface area contributed by atoms with Crippen molar-refractivity contribution in [3.05, 3.63) is 64.7 Å². The van der Waals surface area contributed by atoms with Crippen molar-refractivity contribution in [2.45, 2.75) is 39.5 Å². The summed E-state index contributed by atoms with van der Waals surface area (Å²) in [6, 6.07) is 15.8. The molecule has 3 heteroatoms. The van der Waals surface area contributed by atoms with Crippen LogP contribution in [0, 0.1) is 0 Å². The van der Waals surface area contributed by atoms with E-state index >= 15 is 0 Å². The average Bonchev–Trinajstić information content (AvgIpc) is 2.94. The zero-order valence-electron chi connectivity index (χ0n) is 13.7. The van der Waals surface area contributed by atoms with Gasteiger partial charge in [-0.15, -0.1) is 0 Å². The molecule has 0 fully saturated rings. The van der Waals surface area contributed by atoms with Crippen LogP contribution in [0.2, 0.25) is 0 Å². The monoisotopic (exact) mass is 422 g/mol. The summed E-state index contributed by atoms with van der Waals surface area (Å²) >= 11 is -0.826. The van der Waals surface area contributed by atoms with E-state index < -0.39 is 20.8 Å². The van der Waals surface area contributed by atoms with Gasteiger partial charge in [0.25, 0.3) is 0 Å². The molecule has 0 aromatic heterocycles. The Balaban J connectivity index is 0.000000595. The number of unbranched alkanes of at least 4 members (excludes halogenated alkanes) is 1. The van der Waals surface area contributed by atoms with Crippen LogP contribution in [0.3, 0.4) is 0 Å². The predicted molar refractivity (Wildman–Crippen MR) is 99.6 cm³/mol. The second-order valence-electron chi connectivity index (χ2n) is 5.92. The average molecular weight is 425 g/mol. The van der Waals surface area contributed by atoms with Crippen molar-refractivity contribution in [2.24, 2.45) is 0 Å². The molecule has 0 atom stereocenters. The van der Waals surface area contributed by atoms with E-state index in [1.165, 1.54) is 52.7 Å². The molecule has 120 valence electrons. The summed E-state index contributed by atoms with van der Waals surface area (Å²) < 4.78 is 0. The summed E-state index contributed by atoms with van der Waals surface area (Å²) in [6.07, 6.45) is 7.19. The van der Waals surface area contributed by atoms with E-state index in [1.54, 1.807) is 0 Å². The number of benzene rings is 2. The summed E-state index contributed by atoms with van der Waals surface area (Å²) in [7, 11) is 9.87. The van der Waals surface area contributed by atoms with E-state index in [2.05, 4.69) is 62.4 Å². The third-order valence-corrected chi connectivity index (χ3v) is 4.14. The van der Waals surface area contributed by atoms with Crippen molar-refractivity contribution in [2.75, 3.05) is 0 Å². The normalized spacial score (nSPS) is 12.1. The third-order valence-electron chi connectivity index (χ3n) is 4.14. The Morgan fingerprint density at radius 1 is 1.04 bits per heavy atom. The quantitative estimate of drug-likeness (QED) is 0.494. The van der Waals surface area contributed by atoms with Gasteiger partial charge in [-0.2, -0.15) is 0 Å².